The van der Waals surface area contributed by atoms with Crippen LogP contribution in [0.1, 0.15) is 36.0 Å². The van der Waals surface area contributed by atoms with Crippen LogP contribution in [0.2, 0.25) is 0 Å². The molecule has 1 atom stereocenters. The lowest BCUT2D eigenvalue weighted by atomic mass is 10.1. The SMILES string of the molecule is CN(CC1CCOC1)c1ncccc1C(=O)N1CCCCC1. The summed E-state index contributed by atoms with van der Waals surface area (Å²) in [4.78, 5) is 21.3. The summed E-state index contributed by atoms with van der Waals surface area (Å²) >= 11 is 0. The summed E-state index contributed by atoms with van der Waals surface area (Å²) in [5.41, 5.74) is 0.728. The van der Waals surface area contributed by atoms with Crippen LogP contribution in [-0.2, 0) is 4.74 Å². The molecule has 0 radical (unpaired) electrons. The van der Waals surface area contributed by atoms with Crippen molar-refractivity contribution in [1.82, 2.24) is 9.88 Å². The van der Waals surface area contributed by atoms with Crippen molar-refractivity contribution in [3.8, 4) is 0 Å². The van der Waals surface area contributed by atoms with Gasteiger partial charge in [0.15, 0.2) is 0 Å². The van der Waals surface area contributed by atoms with E-state index in [1.165, 1.54) is 6.42 Å². The van der Waals surface area contributed by atoms with Crippen LogP contribution in [0.15, 0.2) is 18.3 Å². The third-order valence-electron chi connectivity index (χ3n) is 4.58. The monoisotopic (exact) mass is 303 g/mol. The van der Waals surface area contributed by atoms with Crippen LogP contribution in [0.25, 0.3) is 0 Å². The highest BCUT2D eigenvalue weighted by Gasteiger charge is 2.24. The Labute approximate surface area is 132 Å². The minimum Gasteiger partial charge on any atom is -0.381 e. The maximum Gasteiger partial charge on any atom is 0.257 e. The molecule has 22 heavy (non-hydrogen) atoms. The number of carbonyl (C=O) groups excluding carboxylic acids is 1. The van der Waals surface area contributed by atoms with E-state index in [9.17, 15) is 4.79 Å². The smallest absolute Gasteiger partial charge is 0.257 e. The number of rotatable bonds is 4. The molecule has 0 bridgehead atoms. The predicted octanol–water partition coefficient (Wildman–Crippen LogP) is 2.18. The largest absolute Gasteiger partial charge is 0.381 e. The number of amides is 1. The topological polar surface area (TPSA) is 45.7 Å². The zero-order chi connectivity index (χ0) is 15.4. The minimum atomic E-state index is 0.123. The molecule has 2 fully saturated rings. The van der Waals surface area contributed by atoms with E-state index in [1.807, 2.05) is 24.1 Å². The zero-order valence-corrected chi connectivity index (χ0v) is 13.3. The third-order valence-corrected chi connectivity index (χ3v) is 4.58. The Morgan fingerprint density at radius 1 is 1.41 bits per heavy atom. The number of carbonyl (C=O) groups is 1. The first-order valence-electron chi connectivity index (χ1n) is 8.29. The first kappa shape index (κ1) is 15.3. The van der Waals surface area contributed by atoms with Crippen LogP contribution in [-0.4, -0.2) is 55.7 Å². The van der Waals surface area contributed by atoms with Gasteiger partial charge in [0.1, 0.15) is 5.82 Å². The predicted molar refractivity (Wildman–Crippen MR) is 86.2 cm³/mol. The van der Waals surface area contributed by atoms with Crippen molar-refractivity contribution in [2.24, 2.45) is 5.92 Å². The van der Waals surface area contributed by atoms with Crippen LogP contribution in [0.3, 0.4) is 0 Å². The van der Waals surface area contributed by atoms with Crippen LogP contribution < -0.4 is 4.90 Å². The van der Waals surface area contributed by atoms with E-state index < -0.39 is 0 Å². The lowest BCUT2D eigenvalue weighted by molar-refractivity contribution is 0.0724. The molecular weight excluding hydrogens is 278 g/mol. The summed E-state index contributed by atoms with van der Waals surface area (Å²) in [5, 5.41) is 0. The highest BCUT2D eigenvalue weighted by molar-refractivity contribution is 5.98. The van der Waals surface area contributed by atoms with Gasteiger partial charge < -0.3 is 14.5 Å². The van der Waals surface area contributed by atoms with E-state index in [4.69, 9.17) is 4.74 Å². The van der Waals surface area contributed by atoms with E-state index in [0.717, 1.165) is 63.5 Å². The Morgan fingerprint density at radius 3 is 2.95 bits per heavy atom. The minimum absolute atomic E-state index is 0.123. The molecule has 5 nitrogen and oxygen atoms in total. The molecule has 1 amide bonds. The van der Waals surface area contributed by atoms with Crippen LogP contribution >= 0.6 is 0 Å². The Kier molecular flexibility index (Phi) is 4.93. The summed E-state index contributed by atoms with van der Waals surface area (Å²) < 4.78 is 5.44. The summed E-state index contributed by atoms with van der Waals surface area (Å²) in [6.45, 7) is 4.28. The van der Waals surface area contributed by atoms with Gasteiger partial charge in [0.05, 0.1) is 12.2 Å². The van der Waals surface area contributed by atoms with E-state index in [-0.39, 0.29) is 5.91 Å². The first-order valence-corrected chi connectivity index (χ1v) is 8.29. The second-order valence-corrected chi connectivity index (χ2v) is 6.34. The lowest BCUT2D eigenvalue weighted by Crippen LogP contribution is -2.37. The molecule has 0 N–H and O–H groups in total. The second-order valence-electron chi connectivity index (χ2n) is 6.34. The van der Waals surface area contributed by atoms with Gasteiger partial charge in [-0.05, 0) is 37.8 Å². The molecule has 2 saturated heterocycles. The zero-order valence-electron chi connectivity index (χ0n) is 13.3. The number of hydrogen-bond acceptors (Lipinski definition) is 4. The quantitative estimate of drug-likeness (QED) is 0.855. The molecule has 1 unspecified atom stereocenters. The molecule has 120 valence electrons. The number of ether oxygens (including phenoxy) is 1. The van der Waals surface area contributed by atoms with Crippen molar-refractivity contribution >= 4 is 11.7 Å². The molecule has 0 aliphatic carbocycles. The highest BCUT2D eigenvalue weighted by Crippen LogP contribution is 2.22. The summed E-state index contributed by atoms with van der Waals surface area (Å²) in [6.07, 6.45) is 6.30. The number of likely N-dealkylation sites (tertiary alicyclic amines) is 1. The fourth-order valence-corrected chi connectivity index (χ4v) is 3.34. The van der Waals surface area contributed by atoms with Crippen molar-refractivity contribution in [3.63, 3.8) is 0 Å². The van der Waals surface area contributed by atoms with Crippen molar-refractivity contribution in [3.05, 3.63) is 23.9 Å². The van der Waals surface area contributed by atoms with Gasteiger partial charge in [-0.2, -0.15) is 0 Å². The maximum absolute atomic E-state index is 12.8. The highest BCUT2D eigenvalue weighted by atomic mass is 16.5. The number of piperidine rings is 1. The van der Waals surface area contributed by atoms with Gasteiger partial charge in [0, 0.05) is 45.4 Å². The Hall–Kier alpha value is -1.62. The third kappa shape index (κ3) is 3.40. The van der Waals surface area contributed by atoms with Gasteiger partial charge in [0.2, 0.25) is 0 Å². The van der Waals surface area contributed by atoms with Gasteiger partial charge in [-0.1, -0.05) is 0 Å². The molecule has 3 rings (SSSR count). The molecule has 0 saturated carbocycles. The van der Waals surface area contributed by atoms with Gasteiger partial charge in [-0.25, -0.2) is 4.98 Å². The Morgan fingerprint density at radius 2 is 2.23 bits per heavy atom. The maximum atomic E-state index is 12.8. The number of nitrogens with zero attached hydrogens (tertiary/aromatic N) is 3. The van der Waals surface area contributed by atoms with E-state index in [0.29, 0.717) is 5.92 Å². The Balaban J connectivity index is 1.74. The molecular formula is C17H25N3O2. The van der Waals surface area contributed by atoms with E-state index >= 15 is 0 Å². The standard InChI is InChI=1S/C17H25N3O2/c1-19(12-14-7-11-22-13-14)16-15(6-5-8-18-16)17(21)20-9-3-2-4-10-20/h5-6,8,14H,2-4,7,9-13H2,1H3. The average molecular weight is 303 g/mol. The molecule has 2 aliphatic heterocycles. The molecule has 0 spiro atoms. The Bertz CT molecular complexity index is 508. The van der Waals surface area contributed by atoms with Gasteiger partial charge in [0.25, 0.3) is 5.91 Å². The molecule has 0 aromatic carbocycles. The fourth-order valence-electron chi connectivity index (χ4n) is 3.34. The molecule has 3 heterocycles. The van der Waals surface area contributed by atoms with Gasteiger partial charge in [-0.15, -0.1) is 0 Å². The average Bonchev–Trinajstić information content (AvgIpc) is 3.08. The number of anilines is 1. The second kappa shape index (κ2) is 7.09. The number of hydrogen-bond donors (Lipinski definition) is 0. The summed E-state index contributed by atoms with van der Waals surface area (Å²) in [5.74, 6) is 1.45. The molecule has 1 aromatic heterocycles. The molecule has 2 aliphatic rings. The van der Waals surface area contributed by atoms with Gasteiger partial charge in [-0.3, -0.25) is 4.79 Å². The first-order chi connectivity index (χ1) is 10.8. The fraction of sp³-hybridized carbons (Fsp3) is 0.647. The lowest BCUT2D eigenvalue weighted by Gasteiger charge is -2.29. The molecule has 5 heteroatoms. The van der Waals surface area contributed by atoms with Crippen molar-refractivity contribution < 1.29 is 9.53 Å². The van der Waals surface area contributed by atoms with E-state index in [1.54, 1.807) is 6.20 Å². The number of aromatic nitrogens is 1. The summed E-state index contributed by atoms with van der Waals surface area (Å²) in [6, 6.07) is 3.76. The van der Waals surface area contributed by atoms with Gasteiger partial charge >= 0.3 is 0 Å². The van der Waals surface area contributed by atoms with Crippen molar-refractivity contribution in [2.45, 2.75) is 25.7 Å². The number of pyridine rings is 1. The van der Waals surface area contributed by atoms with E-state index in [2.05, 4.69) is 9.88 Å². The normalized spacial score (nSPS) is 21.9. The van der Waals surface area contributed by atoms with Crippen molar-refractivity contribution in [2.75, 3.05) is 44.8 Å². The van der Waals surface area contributed by atoms with Crippen molar-refractivity contribution in [1.29, 1.82) is 0 Å². The van der Waals surface area contributed by atoms with Crippen LogP contribution in [0.4, 0.5) is 5.82 Å². The molecule has 1 aromatic rings. The van der Waals surface area contributed by atoms with Crippen LogP contribution in [0, 0.1) is 5.92 Å². The summed E-state index contributed by atoms with van der Waals surface area (Å²) in [7, 11) is 2.02. The van der Waals surface area contributed by atoms with Crippen LogP contribution in [0.5, 0.6) is 0 Å².